The van der Waals surface area contributed by atoms with Crippen LogP contribution in [0.15, 0.2) is 52.3 Å². The maximum Gasteiger partial charge on any atom is 0.330 e. The van der Waals surface area contributed by atoms with E-state index in [-0.39, 0.29) is 11.3 Å². The van der Waals surface area contributed by atoms with Crippen LogP contribution in [0, 0.1) is 0 Å². The third-order valence-electron chi connectivity index (χ3n) is 4.76. The number of nitrogens with zero attached hydrogens (tertiary/aromatic N) is 4. The highest BCUT2D eigenvalue weighted by Gasteiger charge is 2.43. The van der Waals surface area contributed by atoms with Crippen molar-refractivity contribution in [3.05, 3.63) is 69.1 Å². The number of nitrogens with one attached hydrogen (secondary N) is 1. The summed E-state index contributed by atoms with van der Waals surface area (Å²) in [5.41, 5.74) is -0.242. The lowest BCUT2D eigenvalue weighted by atomic mass is 10.1. The Labute approximate surface area is 163 Å². The predicted octanol–water partition coefficient (Wildman–Crippen LogP) is -1.55. The van der Waals surface area contributed by atoms with Crippen LogP contribution in [0.4, 0.5) is 0 Å². The molecular formula is C18H19N5O6. The van der Waals surface area contributed by atoms with Crippen LogP contribution in [0.5, 0.6) is 0 Å². The van der Waals surface area contributed by atoms with Crippen molar-refractivity contribution >= 4 is 0 Å². The van der Waals surface area contributed by atoms with Gasteiger partial charge in [0.25, 0.3) is 5.56 Å². The Bertz CT molecular complexity index is 1110. The summed E-state index contributed by atoms with van der Waals surface area (Å²) in [5, 5.41) is 37.3. The zero-order valence-electron chi connectivity index (χ0n) is 15.1. The molecule has 1 aliphatic rings. The number of ether oxygens (including phenoxy) is 1. The van der Waals surface area contributed by atoms with Crippen molar-refractivity contribution in [2.24, 2.45) is 0 Å². The third-order valence-corrected chi connectivity index (χ3v) is 4.76. The molecule has 0 aliphatic carbocycles. The summed E-state index contributed by atoms with van der Waals surface area (Å²) in [6.45, 7) is -0.0896. The molecule has 0 saturated carbocycles. The smallest absolute Gasteiger partial charge is 0.330 e. The van der Waals surface area contributed by atoms with E-state index >= 15 is 0 Å². The average Bonchev–Trinajstić information content (AvgIpc) is 3.28. The molecule has 1 fully saturated rings. The van der Waals surface area contributed by atoms with Crippen LogP contribution in [-0.2, 0) is 11.3 Å². The van der Waals surface area contributed by atoms with Crippen LogP contribution in [0.2, 0.25) is 0 Å². The summed E-state index contributed by atoms with van der Waals surface area (Å²) < 4.78 is 7.87. The molecule has 11 nitrogen and oxygen atoms in total. The molecule has 4 rings (SSSR count). The van der Waals surface area contributed by atoms with Gasteiger partial charge in [0, 0.05) is 6.20 Å². The summed E-state index contributed by atoms with van der Waals surface area (Å²) in [7, 11) is 0. The SMILES string of the molecule is O=c1[nH]c(=O)n(C2OC(CO)C(O)C2O)cc1-c1cn(Cc2ccccc2)nn1. The van der Waals surface area contributed by atoms with Gasteiger partial charge in [0.05, 0.1) is 24.9 Å². The van der Waals surface area contributed by atoms with Gasteiger partial charge in [0.2, 0.25) is 0 Å². The molecule has 4 N–H and O–H groups in total. The van der Waals surface area contributed by atoms with Gasteiger partial charge in [0.1, 0.15) is 24.0 Å². The number of aromatic amines is 1. The number of rotatable bonds is 5. The molecule has 11 heteroatoms. The number of benzene rings is 1. The zero-order chi connectivity index (χ0) is 20.5. The maximum absolute atomic E-state index is 12.3. The van der Waals surface area contributed by atoms with Gasteiger partial charge < -0.3 is 20.1 Å². The summed E-state index contributed by atoms with van der Waals surface area (Å²) in [6, 6.07) is 9.55. The number of aliphatic hydroxyl groups excluding tert-OH is 3. The fourth-order valence-electron chi connectivity index (χ4n) is 3.24. The van der Waals surface area contributed by atoms with Crippen LogP contribution in [-0.4, -0.2) is 64.8 Å². The molecule has 0 spiro atoms. The van der Waals surface area contributed by atoms with Crippen molar-refractivity contribution in [2.45, 2.75) is 31.1 Å². The van der Waals surface area contributed by atoms with Crippen molar-refractivity contribution in [1.82, 2.24) is 24.5 Å². The second-order valence-electron chi connectivity index (χ2n) is 6.73. The van der Waals surface area contributed by atoms with Gasteiger partial charge in [-0.1, -0.05) is 35.5 Å². The average molecular weight is 401 g/mol. The number of hydrogen-bond acceptors (Lipinski definition) is 8. The molecule has 0 radical (unpaired) electrons. The fourth-order valence-corrected chi connectivity index (χ4v) is 3.24. The lowest BCUT2D eigenvalue weighted by molar-refractivity contribution is -0.0549. The van der Waals surface area contributed by atoms with Gasteiger partial charge in [0.15, 0.2) is 6.23 Å². The van der Waals surface area contributed by atoms with Crippen LogP contribution < -0.4 is 11.2 Å². The molecule has 1 saturated heterocycles. The van der Waals surface area contributed by atoms with Crippen molar-refractivity contribution in [3.8, 4) is 11.3 Å². The zero-order valence-corrected chi connectivity index (χ0v) is 15.1. The highest BCUT2D eigenvalue weighted by molar-refractivity contribution is 5.54. The first kappa shape index (κ1) is 19.2. The van der Waals surface area contributed by atoms with Gasteiger partial charge in [-0.3, -0.25) is 14.3 Å². The molecule has 4 unspecified atom stereocenters. The van der Waals surface area contributed by atoms with Gasteiger partial charge in [-0.05, 0) is 5.56 Å². The highest BCUT2D eigenvalue weighted by atomic mass is 16.6. The first-order valence-corrected chi connectivity index (χ1v) is 8.90. The number of aromatic nitrogens is 5. The van der Waals surface area contributed by atoms with E-state index in [4.69, 9.17) is 4.74 Å². The lowest BCUT2D eigenvalue weighted by Gasteiger charge is -2.17. The molecular weight excluding hydrogens is 382 g/mol. The molecule has 29 heavy (non-hydrogen) atoms. The largest absolute Gasteiger partial charge is 0.394 e. The normalized spacial score (nSPS) is 24.1. The number of hydrogen-bond donors (Lipinski definition) is 4. The molecule has 2 aromatic heterocycles. The maximum atomic E-state index is 12.3. The van der Waals surface area contributed by atoms with Gasteiger partial charge in [-0.25, -0.2) is 9.48 Å². The van der Waals surface area contributed by atoms with E-state index in [2.05, 4.69) is 15.3 Å². The highest BCUT2D eigenvalue weighted by Crippen LogP contribution is 2.28. The lowest BCUT2D eigenvalue weighted by Crippen LogP contribution is -2.38. The Balaban J connectivity index is 1.67. The standard InChI is InChI=1S/C18H19N5O6/c24-9-13-14(25)15(26)17(29-13)23-7-11(16(27)19-18(23)28)12-8-22(21-20-12)6-10-4-2-1-3-5-10/h1-5,7-8,13-15,17,24-26H,6,9H2,(H,19,27,28). The number of aliphatic hydroxyl groups is 3. The van der Waals surface area contributed by atoms with Crippen LogP contribution >= 0.6 is 0 Å². The van der Waals surface area contributed by atoms with Crippen molar-refractivity contribution in [3.63, 3.8) is 0 Å². The van der Waals surface area contributed by atoms with Gasteiger partial charge in [-0.15, -0.1) is 5.10 Å². The molecule has 0 bridgehead atoms. The fraction of sp³-hybridized carbons (Fsp3) is 0.333. The molecule has 0 amide bonds. The first-order valence-electron chi connectivity index (χ1n) is 8.90. The van der Waals surface area contributed by atoms with Crippen molar-refractivity contribution < 1.29 is 20.1 Å². The molecule has 1 aliphatic heterocycles. The predicted molar refractivity (Wildman–Crippen MR) is 98.9 cm³/mol. The van der Waals surface area contributed by atoms with E-state index in [1.54, 1.807) is 10.9 Å². The quantitative estimate of drug-likeness (QED) is 0.401. The molecule has 4 atom stereocenters. The van der Waals surface area contributed by atoms with Crippen molar-refractivity contribution in [1.29, 1.82) is 0 Å². The van der Waals surface area contributed by atoms with Gasteiger partial charge in [-0.2, -0.15) is 0 Å². The van der Waals surface area contributed by atoms with E-state index < -0.39 is 42.4 Å². The van der Waals surface area contributed by atoms with Gasteiger partial charge >= 0.3 is 5.69 Å². The summed E-state index contributed by atoms with van der Waals surface area (Å²) in [6.07, 6.45) is -2.41. The minimum absolute atomic E-state index is 0.0432. The summed E-state index contributed by atoms with van der Waals surface area (Å²) in [4.78, 5) is 26.7. The van der Waals surface area contributed by atoms with Crippen LogP contribution in [0.1, 0.15) is 11.8 Å². The van der Waals surface area contributed by atoms with E-state index in [9.17, 15) is 24.9 Å². The van der Waals surface area contributed by atoms with E-state index in [1.807, 2.05) is 30.3 Å². The summed E-state index contributed by atoms with van der Waals surface area (Å²) in [5.74, 6) is 0. The number of H-pyrrole nitrogens is 1. The Morgan fingerprint density at radius 2 is 1.86 bits per heavy atom. The van der Waals surface area contributed by atoms with E-state index in [1.165, 1.54) is 6.20 Å². The minimum Gasteiger partial charge on any atom is -0.394 e. The Morgan fingerprint density at radius 1 is 1.10 bits per heavy atom. The van der Waals surface area contributed by atoms with E-state index in [0.717, 1.165) is 10.1 Å². The summed E-state index contributed by atoms with van der Waals surface area (Å²) >= 11 is 0. The third kappa shape index (κ3) is 3.63. The monoisotopic (exact) mass is 401 g/mol. The molecule has 3 aromatic rings. The van der Waals surface area contributed by atoms with E-state index in [0.29, 0.717) is 6.54 Å². The first-order chi connectivity index (χ1) is 14.0. The molecule has 1 aromatic carbocycles. The second kappa shape index (κ2) is 7.72. The Morgan fingerprint density at radius 3 is 2.55 bits per heavy atom. The molecule has 152 valence electrons. The van der Waals surface area contributed by atoms with Crippen molar-refractivity contribution in [2.75, 3.05) is 6.61 Å². The van der Waals surface area contributed by atoms with Crippen LogP contribution in [0.25, 0.3) is 11.3 Å². The topological polar surface area (TPSA) is 155 Å². The minimum atomic E-state index is -1.46. The molecule has 3 heterocycles. The Hall–Kier alpha value is -3.12. The van der Waals surface area contributed by atoms with Crippen LogP contribution in [0.3, 0.4) is 0 Å². The second-order valence-corrected chi connectivity index (χ2v) is 6.73. The Kier molecular flexibility index (Phi) is 5.11.